The molecule has 3 aliphatic rings. The lowest BCUT2D eigenvalue weighted by molar-refractivity contribution is -0.119. The Morgan fingerprint density at radius 3 is 2.44 bits per heavy atom. The second kappa shape index (κ2) is 11.0. The minimum absolute atomic E-state index is 0.00678. The second-order valence-electron chi connectivity index (χ2n) is 10.3. The maximum Gasteiger partial charge on any atom is 0.258 e. The van der Waals surface area contributed by atoms with Crippen LogP contribution in [-0.2, 0) is 9.53 Å². The zero-order chi connectivity index (χ0) is 26.9. The number of hydrogen-bond donors (Lipinski definition) is 1. The maximum absolute atomic E-state index is 13.6. The van der Waals surface area contributed by atoms with Crippen molar-refractivity contribution in [3.63, 3.8) is 0 Å². The number of hydrogen-bond acceptors (Lipinski definition) is 5. The topological polar surface area (TPSA) is 65.1 Å². The van der Waals surface area contributed by atoms with Gasteiger partial charge in [0.05, 0.1) is 29.3 Å². The molecule has 2 amide bonds. The number of anilines is 3. The highest BCUT2D eigenvalue weighted by molar-refractivity contribution is 6.33. The Hall–Kier alpha value is -3.39. The molecule has 0 aromatic heterocycles. The van der Waals surface area contributed by atoms with Gasteiger partial charge in [-0.2, -0.15) is 0 Å². The smallest absolute Gasteiger partial charge is 0.258 e. The van der Waals surface area contributed by atoms with E-state index in [2.05, 4.69) is 39.4 Å². The molecule has 202 valence electrons. The van der Waals surface area contributed by atoms with Crippen LogP contribution < -0.4 is 15.1 Å². The third-order valence-corrected chi connectivity index (χ3v) is 8.41. The van der Waals surface area contributed by atoms with Crippen LogP contribution in [0.15, 0.2) is 66.7 Å². The van der Waals surface area contributed by atoms with Crippen molar-refractivity contribution in [3.05, 3.63) is 88.4 Å². The highest BCUT2D eigenvalue weighted by Crippen LogP contribution is 2.41. The molecular formula is C31H33ClN4O3. The van der Waals surface area contributed by atoms with Gasteiger partial charge in [0.15, 0.2) is 0 Å². The molecule has 3 aliphatic heterocycles. The number of carbonyl (C=O) groups excluding carboxylic acids is 2. The molecule has 7 nitrogen and oxygen atoms in total. The van der Waals surface area contributed by atoms with Gasteiger partial charge in [0.1, 0.15) is 0 Å². The second-order valence-corrected chi connectivity index (χ2v) is 10.7. The number of piperazine rings is 1. The summed E-state index contributed by atoms with van der Waals surface area (Å²) in [6.07, 6.45) is 0.752. The largest absolute Gasteiger partial charge is 0.381 e. The molecule has 0 spiro atoms. The lowest BCUT2D eigenvalue weighted by Crippen LogP contribution is -2.48. The first-order chi connectivity index (χ1) is 19.0. The highest BCUT2D eigenvalue weighted by Gasteiger charge is 2.36. The Balaban J connectivity index is 1.22. The van der Waals surface area contributed by atoms with E-state index in [-0.39, 0.29) is 23.8 Å². The van der Waals surface area contributed by atoms with Gasteiger partial charge in [0, 0.05) is 56.3 Å². The molecule has 0 saturated carbocycles. The summed E-state index contributed by atoms with van der Waals surface area (Å²) in [7, 11) is 0. The lowest BCUT2D eigenvalue weighted by atomic mass is 9.93. The maximum atomic E-state index is 13.6. The van der Waals surface area contributed by atoms with Gasteiger partial charge in [-0.05, 0) is 54.8 Å². The Kier molecular flexibility index (Phi) is 7.30. The Bertz CT molecular complexity index is 1380. The van der Waals surface area contributed by atoms with Crippen LogP contribution in [0.2, 0.25) is 5.02 Å². The van der Waals surface area contributed by atoms with Gasteiger partial charge in [0.25, 0.3) is 5.91 Å². The van der Waals surface area contributed by atoms with E-state index in [1.54, 1.807) is 0 Å². The molecule has 0 radical (unpaired) electrons. The molecule has 2 fully saturated rings. The van der Waals surface area contributed by atoms with Crippen molar-refractivity contribution in [3.8, 4) is 0 Å². The van der Waals surface area contributed by atoms with Gasteiger partial charge in [-0.15, -0.1) is 0 Å². The summed E-state index contributed by atoms with van der Waals surface area (Å²) >= 11 is 6.72. The van der Waals surface area contributed by atoms with Gasteiger partial charge >= 0.3 is 0 Å². The average molecular weight is 545 g/mol. The van der Waals surface area contributed by atoms with Crippen molar-refractivity contribution in [2.75, 3.05) is 61.1 Å². The minimum atomic E-state index is -0.101. The fourth-order valence-corrected chi connectivity index (χ4v) is 6.37. The molecule has 2 saturated heterocycles. The van der Waals surface area contributed by atoms with Crippen LogP contribution in [0.25, 0.3) is 0 Å². The Morgan fingerprint density at radius 2 is 1.72 bits per heavy atom. The fraction of sp³-hybridized carbons (Fsp3) is 0.355. The van der Waals surface area contributed by atoms with Crippen LogP contribution in [0, 0.1) is 5.92 Å². The number of nitrogens with zero attached hydrogens (tertiary/aromatic N) is 3. The van der Waals surface area contributed by atoms with Crippen molar-refractivity contribution in [1.29, 1.82) is 0 Å². The van der Waals surface area contributed by atoms with Crippen molar-refractivity contribution in [1.82, 2.24) is 4.90 Å². The van der Waals surface area contributed by atoms with Crippen molar-refractivity contribution < 1.29 is 14.3 Å². The molecule has 6 rings (SSSR count). The number of para-hydroxylation sites is 1. The van der Waals surface area contributed by atoms with E-state index in [4.69, 9.17) is 16.3 Å². The van der Waals surface area contributed by atoms with Crippen LogP contribution in [0.1, 0.15) is 40.9 Å². The van der Waals surface area contributed by atoms with E-state index in [0.29, 0.717) is 30.5 Å². The summed E-state index contributed by atoms with van der Waals surface area (Å²) in [5.41, 5.74) is 5.65. The van der Waals surface area contributed by atoms with Crippen LogP contribution in [0.5, 0.6) is 0 Å². The van der Waals surface area contributed by atoms with Gasteiger partial charge in [-0.25, -0.2) is 0 Å². The number of nitrogens with one attached hydrogen (secondary N) is 1. The highest BCUT2D eigenvalue weighted by atomic mass is 35.5. The number of amides is 2. The third kappa shape index (κ3) is 4.91. The van der Waals surface area contributed by atoms with Gasteiger partial charge < -0.3 is 19.9 Å². The van der Waals surface area contributed by atoms with E-state index in [9.17, 15) is 9.59 Å². The summed E-state index contributed by atoms with van der Waals surface area (Å²) in [5.74, 6) is -0.0643. The molecule has 2 unspecified atom stereocenters. The molecule has 1 N–H and O–H groups in total. The van der Waals surface area contributed by atoms with Crippen molar-refractivity contribution in [2.45, 2.75) is 19.4 Å². The molecule has 2 atom stereocenters. The Labute approximate surface area is 234 Å². The molecule has 3 aromatic carbocycles. The van der Waals surface area contributed by atoms with Gasteiger partial charge in [0.2, 0.25) is 5.91 Å². The average Bonchev–Trinajstić information content (AvgIpc) is 3.48. The van der Waals surface area contributed by atoms with Gasteiger partial charge in [-0.3, -0.25) is 14.5 Å². The predicted molar refractivity (Wildman–Crippen MR) is 155 cm³/mol. The normalized spacial score (nSPS) is 21.3. The first kappa shape index (κ1) is 25.9. The monoisotopic (exact) mass is 544 g/mol. The quantitative estimate of drug-likeness (QED) is 0.478. The summed E-state index contributed by atoms with van der Waals surface area (Å²) in [5, 5.41) is 3.60. The zero-order valence-electron chi connectivity index (χ0n) is 22.1. The van der Waals surface area contributed by atoms with E-state index < -0.39 is 0 Å². The number of benzene rings is 3. The number of rotatable bonds is 5. The number of fused-ring (bicyclic) bond motifs is 2. The number of ether oxygens (including phenoxy) is 1. The molecule has 3 aromatic rings. The predicted octanol–water partition coefficient (Wildman–Crippen LogP) is 5.21. The van der Waals surface area contributed by atoms with Gasteiger partial charge in [-0.1, -0.05) is 48.0 Å². The number of halogens is 1. The van der Waals surface area contributed by atoms with Crippen molar-refractivity contribution >= 4 is 40.5 Å². The molecule has 0 aliphatic carbocycles. The Morgan fingerprint density at radius 1 is 0.974 bits per heavy atom. The van der Waals surface area contributed by atoms with Crippen molar-refractivity contribution in [2.24, 2.45) is 5.92 Å². The van der Waals surface area contributed by atoms with E-state index in [1.165, 1.54) is 0 Å². The summed E-state index contributed by atoms with van der Waals surface area (Å²) in [6, 6.07) is 22.1. The molecular weight excluding hydrogens is 512 g/mol. The van der Waals surface area contributed by atoms with Crippen LogP contribution >= 0.6 is 11.6 Å². The molecule has 3 heterocycles. The summed E-state index contributed by atoms with van der Waals surface area (Å²) in [6.45, 7) is 7.01. The van der Waals surface area contributed by atoms with Crippen LogP contribution in [0.4, 0.5) is 17.1 Å². The third-order valence-electron chi connectivity index (χ3n) is 8.11. The SMILES string of the molecule is CCN1C(=O)c2ccccc2C(N2CCN(c3ccc(NC(=O)C4CCOC4)cc3Cl)CC2)c2ccccc21. The summed E-state index contributed by atoms with van der Waals surface area (Å²) < 4.78 is 5.34. The van der Waals surface area contributed by atoms with Crippen LogP contribution in [-0.4, -0.2) is 62.7 Å². The molecule has 39 heavy (non-hydrogen) atoms. The van der Waals surface area contributed by atoms with E-state index in [0.717, 1.165) is 60.7 Å². The van der Waals surface area contributed by atoms with Crippen LogP contribution in [0.3, 0.4) is 0 Å². The first-order valence-corrected chi connectivity index (χ1v) is 14.1. The zero-order valence-corrected chi connectivity index (χ0v) is 22.9. The van der Waals surface area contributed by atoms with E-state index >= 15 is 0 Å². The first-order valence-electron chi connectivity index (χ1n) is 13.7. The summed E-state index contributed by atoms with van der Waals surface area (Å²) in [4.78, 5) is 32.7. The van der Waals surface area contributed by atoms with E-state index in [1.807, 2.05) is 54.3 Å². The number of carbonyl (C=O) groups is 2. The molecule has 8 heteroatoms. The minimum Gasteiger partial charge on any atom is -0.381 e. The fourth-order valence-electron chi connectivity index (χ4n) is 6.07. The lowest BCUT2D eigenvalue weighted by Gasteiger charge is -2.41. The molecule has 0 bridgehead atoms. The standard InChI is InChI=1S/C31H33ClN4O3/c1-2-36-27-10-6-5-9-25(27)29(23-7-3-4-8-24(23)31(36)38)35-16-14-34(15-17-35)28-12-11-22(19-26(28)32)33-30(37)21-13-18-39-20-21/h3-12,19,21,29H,2,13-18,20H2,1H3,(H,33,37).